The number of carbonyl (C=O) groups is 1. The van der Waals surface area contributed by atoms with Gasteiger partial charge in [-0.25, -0.2) is 4.98 Å². The fourth-order valence-corrected chi connectivity index (χ4v) is 3.48. The molecule has 2 aromatic heterocycles. The first kappa shape index (κ1) is 19.6. The zero-order valence-corrected chi connectivity index (χ0v) is 17.3. The van der Waals surface area contributed by atoms with Gasteiger partial charge in [0.2, 0.25) is 0 Å². The van der Waals surface area contributed by atoms with Crippen LogP contribution in [-0.4, -0.2) is 21.9 Å². The SMILES string of the molecule is O=C(COc1ccc2ccccc2c1)Nc1cccc(OCc2cn3ccccc3n2)c1. The number of nitrogens with zero attached hydrogens (tertiary/aromatic N) is 2. The maximum Gasteiger partial charge on any atom is 0.262 e. The second-order valence-corrected chi connectivity index (χ2v) is 7.36. The number of carbonyl (C=O) groups excluding carboxylic acids is 1. The van der Waals surface area contributed by atoms with Crippen molar-refractivity contribution in [3.63, 3.8) is 0 Å². The lowest BCUT2D eigenvalue weighted by Gasteiger charge is -2.10. The Morgan fingerprint density at radius 2 is 1.69 bits per heavy atom. The van der Waals surface area contributed by atoms with Gasteiger partial charge in [-0.05, 0) is 47.2 Å². The number of ether oxygens (including phenoxy) is 2. The molecule has 0 atom stereocenters. The van der Waals surface area contributed by atoms with Crippen LogP contribution in [0.5, 0.6) is 11.5 Å². The third kappa shape index (κ3) is 4.54. The van der Waals surface area contributed by atoms with Crippen LogP contribution in [0.25, 0.3) is 16.4 Å². The minimum Gasteiger partial charge on any atom is -0.487 e. The number of imidazole rings is 1. The number of aromatic nitrogens is 2. The van der Waals surface area contributed by atoms with E-state index in [1.165, 1.54) is 0 Å². The van der Waals surface area contributed by atoms with Crippen molar-refractivity contribution in [2.24, 2.45) is 0 Å². The number of amides is 1. The number of benzene rings is 3. The molecule has 5 rings (SSSR count). The highest BCUT2D eigenvalue weighted by molar-refractivity contribution is 5.92. The van der Waals surface area contributed by atoms with Gasteiger partial charge in [0.25, 0.3) is 5.91 Å². The van der Waals surface area contributed by atoms with Gasteiger partial charge < -0.3 is 19.2 Å². The van der Waals surface area contributed by atoms with Gasteiger partial charge in [-0.1, -0.05) is 42.5 Å². The van der Waals surface area contributed by atoms with Crippen molar-refractivity contribution in [1.29, 1.82) is 0 Å². The van der Waals surface area contributed by atoms with Gasteiger partial charge in [0.1, 0.15) is 23.8 Å². The Morgan fingerprint density at radius 3 is 2.59 bits per heavy atom. The summed E-state index contributed by atoms with van der Waals surface area (Å²) in [6.07, 6.45) is 3.88. The van der Waals surface area contributed by atoms with E-state index in [9.17, 15) is 4.79 Å². The predicted molar refractivity (Wildman–Crippen MR) is 124 cm³/mol. The average Bonchev–Trinajstić information content (AvgIpc) is 3.25. The Morgan fingerprint density at radius 1 is 0.844 bits per heavy atom. The molecule has 0 aliphatic carbocycles. The molecular weight excluding hydrogens is 402 g/mol. The van der Waals surface area contributed by atoms with Crippen LogP contribution in [-0.2, 0) is 11.4 Å². The maximum atomic E-state index is 12.3. The monoisotopic (exact) mass is 423 g/mol. The topological polar surface area (TPSA) is 64.9 Å². The molecule has 0 radical (unpaired) electrons. The highest BCUT2D eigenvalue weighted by Crippen LogP contribution is 2.21. The normalized spacial score (nSPS) is 10.9. The molecule has 0 unspecified atom stereocenters. The summed E-state index contributed by atoms with van der Waals surface area (Å²) in [7, 11) is 0. The number of nitrogens with one attached hydrogen (secondary N) is 1. The molecule has 0 aliphatic heterocycles. The minimum atomic E-state index is -0.240. The van der Waals surface area contributed by atoms with Crippen molar-refractivity contribution in [3.05, 3.63) is 103 Å². The smallest absolute Gasteiger partial charge is 0.262 e. The maximum absolute atomic E-state index is 12.3. The van der Waals surface area contributed by atoms with Crippen LogP contribution >= 0.6 is 0 Å². The van der Waals surface area contributed by atoms with Gasteiger partial charge in [-0.2, -0.15) is 0 Å². The Kier molecular flexibility index (Phi) is 5.41. The summed E-state index contributed by atoms with van der Waals surface area (Å²) in [5.74, 6) is 1.06. The number of fused-ring (bicyclic) bond motifs is 2. The van der Waals surface area contributed by atoms with E-state index < -0.39 is 0 Å². The van der Waals surface area contributed by atoms with Gasteiger partial charge >= 0.3 is 0 Å². The zero-order valence-electron chi connectivity index (χ0n) is 17.3. The first-order chi connectivity index (χ1) is 15.7. The van der Waals surface area contributed by atoms with Crippen molar-refractivity contribution in [1.82, 2.24) is 9.38 Å². The summed E-state index contributed by atoms with van der Waals surface area (Å²) >= 11 is 0. The van der Waals surface area contributed by atoms with E-state index in [4.69, 9.17) is 9.47 Å². The zero-order chi connectivity index (χ0) is 21.8. The van der Waals surface area contributed by atoms with Crippen LogP contribution in [0.4, 0.5) is 5.69 Å². The predicted octanol–water partition coefficient (Wildman–Crippen LogP) is 5.08. The molecule has 1 N–H and O–H groups in total. The van der Waals surface area contributed by atoms with Crippen molar-refractivity contribution in [2.45, 2.75) is 6.61 Å². The first-order valence-corrected chi connectivity index (χ1v) is 10.3. The van der Waals surface area contributed by atoms with Crippen molar-refractivity contribution >= 4 is 28.0 Å². The quantitative estimate of drug-likeness (QED) is 0.396. The highest BCUT2D eigenvalue weighted by atomic mass is 16.5. The highest BCUT2D eigenvalue weighted by Gasteiger charge is 2.07. The van der Waals surface area contributed by atoms with Gasteiger partial charge in [-0.3, -0.25) is 4.79 Å². The molecule has 0 aliphatic rings. The van der Waals surface area contributed by atoms with Crippen molar-refractivity contribution < 1.29 is 14.3 Å². The molecule has 0 bridgehead atoms. The lowest BCUT2D eigenvalue weighted by molar-refractivity contribution is -0.118. The largest absolute Gasteiger partial charge is 0.487 e. The van der Waals surface area contributed by atoms with E-state index in [2.05, 4.69) is 10.3 Å². The average molecular weight is 423 g/mol. The minimum absolute atomic E-state index is 0.0787. The molecular formula is C26H21N3O3. The van der Waals surface area contributed by atoms with E-state index in [1.54, 1.807) is 6.07 Å². The summed E-state index contributed by atoms with van der Waals surface area (Å²) < 4.78 is 13.5. The Hall–Kier alpha value is -4.32. The summed E-state index contributed by atoms with van der Waals surface area (Å²) in [6.45, 7) is 0.259. The Labute approximate surface area is 185 Å². The van der Waals surface area contributed by atoms with E-state index in [1.807, 2.05) is 95.7 Å². The van der Waals surface area contributed by atoms with Crippen LogP contribution in [0.15, 0.2) is 97.3 Å². The number of anilines is 1. The lowest BCUT2D eigenvalue weighted by atomic mass is 10.1. The lowest BCUT2D eigenvalue weighted by Crippen LogP contribution is -2.20. The summed E-state index contributed by atoms with van der Waals surface area (Å²) in [4.78, 5) is 16.9. The fourth-order valence-electron chi connectivity index (χ4n) is 3.48. The van der Waals surface area contributed by atoms with E-state index in [0.717, 1.165) is 22.1 Å². The molecule has 5 aromatic rings. The van der Waals surface area contributed by atoms with Gasteiger partial charge in [0.15, 0.2) is 6.61 Å². The molecule has 0 saturated carbocycles. The van der Waals surface area contributed by atoms with Crippen LogP contribution < -0.4 is 14.8 Å². The van der Waals surface area contributed by atoms with E-state index in [-0.39, 0.29) is 12.5 Å². The summed E-state index contributed by atoms with van der Waals surface area (Å²) in [5.41, 5.74) is 2.34. The van der Waals surface area contributed by atoms with E-state index >= 15 is 0 Å². The molecule has 3 aromatic carbocycles. The molecule has 1 amide bonds. The van der Waals surface area contributed by atoms with E-state index in [0.29, 0.717) is 23.8 Å². The van der Waals surface area contributed by atoms with Crippen LogP contribution in [0, 0.1) is 0 Å². The van der Waals surface area contributed by atoms with Crippen molar-refractivity contribution in [3.8, 4) is 11.5 Å². The van der Waals surface area contributed by atoms with Crippen LogP contribution in [0.3, 0.4) is 0 Å². The molecule has 32 heavy (non-hydrogen) atoms. The number of hydrogen-bond donors (Lipinski definition) is 1. The number of rotatable bonds is 7. The fraction of sp³-hybridized carbons (Fsp3) is 0.0769. The number of pyridine rings is 1. The molecule has 0 fully saturated rings. The van der Waals surface area contributed by atoms with Crippen LogP contribution in [0.1, 0.15) is 5.69 Å². The third-order valence-electron chi connectivity index (χ3n) is 5.01. The van der Waals surface area contributed by atoms with Gasteiger partial charge in [0.05, 0.1) is 5.69 Å². The summed E-state index contributed by atoms with van der Waals surface area (Å²) in [5, 5.41) is 5.05. The molecule has 0 spiro atoms. The second-order valence-electron chi connectivity index (χ2n) is 7.36. The standard InChI is InChI=1S/C26H21N3O3/c30-26(18-32-24-12-11-19-6-1-2-7-20(19)14-24)28-21-8-5-9-23(15-21)31-17-22-16-29-13-4-3-10-25(29)27-22/h1-16H,17-18H2,(H,28,30). The van der Waals surface area contributed by atoms with Gasteiger partial charge in [-0.15, -0.1) is 0 Å². The first-order valence-electron chi connectivity index (χ1n) is 10.3. The van der Waals surface area contributed by atoms with Crippen LogP contribution in [0.2, 0.25) is 0 Å². The summed E-state index contributed by atoms with van der Waals surface area (Å²) in [6, 6.07) is 26.9. The molecule has 158 valence electrons. The Balaban J connectivity index is 1.17. The molecule has 6 nitrogen and oxygen atoms in total. The third-order valence-corrected chi connectivity index (χ3v) is 5.01. The molecule has 6 heteroatoms. The number of hydrogen-bond acceptors (Lipinski definition) is 4. The van der Waals surface area contributed by atoms with Crippen molar-refractivity contribution in [2.75, 3.05) is 11.9 Å². The molecule has 2 heterocycles. The second kappa shape index (κ2) is 8.81. The van der Waals surface area contributed by atoms with Gasteiger partial charge in [0, 0.05) is 24.1 Å². The Bertz CT molecular complexity index is 1360. The molecule has 0 saturated heterocycles.